The topological polar surface area (TPSA) is 132 Å². The van der Waals surface area contributed by atoms with Crippen molar-refractivity contribution in [2.75, 3.05) is 26.9 Å². The fourth-order valence-corrected chi connectivity index (χ4v) is 4.81. The first-order chi connectivity index (χ1) is 21.0. The fraction of sp³-hybridized carbons (Fsp3) is 0.588. The lowest BCUT2D eigenvalue weighted by atomic mass is 9.86. The fourth-order valence-electron chi connectivity index (χ4n) is 4.68. The molecule has 2 amide bonds. The van der Waals surface area contributed by atoms with E-state index in [1.807, 2.05) is 65.0 Å². The Morgan fingerprint density at radius 2 is 1.70 bits per heavy atom. The van der Waals surface area contributed by atoms with Crippen molar-refractivity contribution in [2.45, 2.75) is 85.2 Å². The molecular weight excluding hydrogens is 582 g/mol. The number of benzene rings is 2. The van der Waals surface area contributed by atoms with Crippen molar-refractivity contribution in [1.82, 2.24) is 10.6 Å². The molecule has 0 unspecified atom stereocenters. The van der Waals surface area contributed by atoms with Gasteiger partial charge in [0, 0.05) is 37.6 Å². The molecule has 2 aromatic rings. The zero-order valence-electron chi connectivity index (χ0n) is 27.1. The molecule has 44 heavy (non-hydrogen) atoms. The van der Waals surface area contributed by atoms with E-state index < -0.39 is 24.1 Å². The van der Waals surface area contributed by atoms with E-state index in [1.54, 1.807) is 19.2 Å². The summed E-state index contributed by atoms with van der Waals surface area (Å²) in [7, 11) is 1.67. The number of methoxy groups -OCH3 is 1. The minimum atomic E-state index is -0.966. The maximum atomic E-state index is 13.5. The molecule has 0 aromatic heterocycles. The molecule has 2 aromatic carbocycles. The van der Waals surface area contributed by atoms with Crippen LogP contribution in [0.5, 0.6) is 5.75 Å². The maximum absolute atomic E-state index is 13.5. The highest BCUT2D eigenvalue weighted by atomic mass is 35.5. The molecule has 0 aliphatic carbocycles. The molecule has 0 aliphatic rings. The number of aryl methyl sites for hydroxylation is 1. The highest BCUT2D eigenvalue weighted by Crippen LogP contribution is 2.22. The van der Waals surface area contributed by atoms with Gasteiger partial charge in [-0.1, -0.05) is 70.0 Å². The molecule has 10 heteroatoms. The summed E-state index contributed by atoms with van der Waals surface area (Å²) in [6.07, 6.45) is 0.692. The molecule has 0 spiro atoms. The Hall–Kier alpha value is -2.69. The number of aliphatic hydroxyl groups excluding tert-OH is 1. The monoisotopic (exact) mass is 633 g/mol. The summed E-state index contributed by atoms with van der Waals surface area (Å²) >= 11 is 5.96. The molecule has 5 atom stereocenters. The van der Waals surface area contributed by atoms with Crippen LogP contribution in [-0.4, -0.2) is 62.0 Å². The van der Waals surface area contributed by atoms with Crippen molar-refractivity contribution >= 4 is 23.4 Å². The largest absolute Gasteiger partial charge is 0.493 e. The zero-order valence-corrected chi connectivity index (χ0v) is 27.9. The maximum Gasteiger partial charge on any atom is 0.243 e. The van der Waals surface area contributed by atoms with Gasteiger partial charge in [-0.3, -0.25) is 9.59 Å². The normalized spacial score (nSPS) is 14.9. The van der Waals surface area contributed by atoms with Gasteiger partial charge in [-0.2, -0.15) is 0 Å². The first kappa shape index (κ1) is 37.5. The highest BCUT2D eigenvalue weighted by Gasteiger charge is 2.32. The molecule has 9 nitrogen and oxygen atoms in total. The third-order valence-corrected chi connectivity index (χ3v) is 8.14. The number of hydrogen-bond donors (Lipinski definition) is 4. The smallest absolute Gasteiger partial charge is 0.243 e. The van der Waals surface area contributed by atoms with Gasteiger partial charge in [-0.25, -0.2) is 0 Å². The second kappa shape index (κ2) is 19.6. The quantitative estimate of drug-likeness (QED) is 0.154. The number of carbonyl (C=O) groups is 2. The van der Waals surface area contributed by atoms with Crippen LogP contribution in [0.1, 0.15) is 63.6 Å². The van der Waals surface area contributed by atoms with Crippen LogP contribution in [0, 0.1) is 24.7 Å². The van der Waals surface area contributed by atoms with Crippen molar-refractivity contribution < 1.29 is 28.9 Å². The third kappa shape index (κ3) is 12.7. The first-order valence-corrected chi connectivity index (χ1v) is 15.9. The summed E-state index contributed by atoms with van der Waals surface area (Å²) in [5, 5.41) is 17.4. The Morgan fingerprint density at radius 1 is 1.02 bits per heavy atom. The minimum Gasteiger partial charge on any atom is -0.493 e. The van der Waals surface area contributed by atoms with Gasteiger partial charge >= 0.3 is 0 Å². The van der Waals surface area contributed by atoms with E-state index in [0.29, 0.717) is 37.8 Å². The van der Waals surface area contributed by atoms with E-state index in [-0.39, 0.29) is 36.7 Å². The minimum absolute atomic E-state index is 0.0812. The number of aliphatic hydroxyl groups is 1. The molecule has 5 N–H and O–H groups in total. The number of amides is 2. The van der Waals surface area contributed by atoms with Gasteiger partial charge in [0.25, 0.3) is 0 Å². The van der Waals surface area contributed by atoms with Crippen LogP contribution in [0.25, 0.3) is 0 Å². The Bertz CT molecular complexity index is 1150. The van der Waals surface area contributed by atoms with Gasteiger partial charge in [0.15, 0.2) is 0 Å². The Labute approximate surface area is 268 Å². The standard InChI is InChI=1S/C34H52ClN3O6/c1-7-23(4)32(34(41)37-19-25-11-13-27(35)14-12-25)38-33(40)28(22(2)3)18-30(39)29(36)21-43-20-26-10-9-24(5)31(17-26)44-16-8-15-42-6/h9-14,17,22-23,28-30,32,39H,7-8,15-16,18-21,36H2,1-6H3,(H,37,41)(H,38,40)/t23-,28-,29-,30-,32-/m0/s1. The molecule has 0 bridgehead atoms. The summed E-state index contributed by atoms with van der Waals surface area (Å²) in [4.78, 5) is 26.6. The van der Waals surface area contributed by atoms with E-state index in [4.69, 9.17) is 31.5 Å². The molecular formula is C34H52ClN3O6. The van der Waals surface area contributed by atoms with E-state index in [0.717, 1.165) is 28.9 Å². The predicted molar refractivity (Wildman–Crippen MR) is 174 cm³/mol. The second-order valence-electron chi connectivity index (χ2n) is 11.8. The summed E-state index contributed by atoms with van der Waals surface area (Å²) in [6, 6.07) is 11.7. The SMILES string of the molecule is CC[C@H](C)[C@H](NC(=O)[C@@H](C[C@H](O)[C@@H](N)COCc1ccc(C)c(OCCCOC)c1)C(C)C)C(=O)NCc1ccc(Cl)cc1. The Morgan fingerprint density at radius 3 is 2.34 bits per heavy atom. The molecule has 246 valence electrons. The van der Waals surface area contributed by atoms with Crippen LogP contribution in [0.4, 0.5) is 0 Å². The Balaban J connectivity index is 1.92. The van der Waals surface area contributed by atoms with Crippen molar-refractivity contribution in [2.24, 2.45) is 23.5 Å². The van der Waals surface area contributed by atoms with Crippen LogP contribution in [0.3, 0.4) is 0 Å². The summed E-state index contributed by atoms with van der Waals surface area (Å²) < 4.78 is 16.8. The number of hydrogen-bond acceptors (Lipinski definition) is 7. The van der Waals surface area contributed by atoms with Gasteiger partial charge < -0.3 is 35.7 Å². The van der Waals surface area contributed by atoms with Gasteiger partial charge in [-0.15, -0.1) is 0 Å². The summed E-state index contributed by atoms with van der Waals surface area (Å²) in [5.41, 5.74) is 9.16. The number of ether oxygens (including phenoxy) is 3. The molecule has 2 rings (SSSR count). The first-order valence-electron chi connectivity index (χ1n) is 15.5. The van der Waals surface area contributed by atoms with E-state index in [9.17, 15) is 14.7 Å². The van der Waals surface area contributed by atoms with Crippen LogP contribution >= 0.6 is 11.6 Å². The molecule has 0 saturated heterocycles. The highest BCUT2D eigenvalue weighted by molar-refractivity contribution is 6.30. The summed E-state index contributed by atoms with van der Waals surface area (Å²) in [6.45, 7) is 11.7. The molecule has 0 radical (unpaired) electrons. The second-order valence-corrected chi connectivity index (χ2v) is 12.3. The number of halogens is 1. The number of rotatable bonds is 20. The Kier molecular flexibility index (Phi) is 16.7. The summed E-state index contributed by atoms with van der Waals surface area (Å²) in [5.74, 6) is -0.446. The number of carbonyl (C=O) groups excluding carboxylic acids is 2. The van der Waals surface area contributed by atoms with Crippen LogP contribution in [0.15, 0.2) is 42.5 Å². The van der Waals surface area contributed by atoms with Crippen LogP contribution < -0.4 is 21.1 Å². The van der Waals surface area contributed by atoms with E-state index in [2.05, 4.69) is 10.6 Å². The average Bonchev–Trinajstić information content (AvgIpc) is 3.00. The van der Waals surface area contributed by atoms with Gasteiger partial charge in [0.05, 0.1) is 32.0 Å². The van der Waals surface area contributed by atoms with Crippen molar-refractivity contribution in [3.63, 3.8) is 0 Å². The van der Waals surface area contributed by atoms with E-state index in [1.165, 1.54) is 0 Å². The van der Waals surface area contributed by atoms with Gasteiger partial charge in [0.1, 0.15) is 11.8 Å². The average molecular weight is 634 g/mol. The lowest BCUT2D eigenvalue weighted by Crippen LogP contribution is -2.52. The molecule has 0 fully saturated rings. The van der Waals surface area contributed by atoms with Crippen LogP contribution in [0.2, 0.25) is 5.02 Å². The number of nitrogens with one attached hydrogen (secondary N) is 2. The van der Waals surface area contributed by atoms with E-state index >= 15 is 0 Å². The lowest BCUT2D eigenvalue weighted by molar-refractivity contribution is -0.134. The molecule has 0 aliphatic heterocycles. The number of nitrogens with two attached hydrogens (primary N) is 1. The predicted octanol–water partition coefficient (Wildman–Crippen LogP) is 4.78. The lowest BCUT2D eigenvalue weighted by Gasteiger charge is -2.29. The molecule has 0 heterocycles. The van der Waals surface area contributed by atoms with Gasteiger partial charge in [0.2, 0.25) is 11.8 Å². The van der Waals surface area contributed by atoms with Crippen molar-refractivity contribution in [3.8, 4) is 5.75 Å². The van der Waals surface area contributed by atoms with Crippen LogP contribution in [-0.2, 0) is 32.2 Å². The van der Waals surface area contributed by atoms with Crippen molar-refractivity contribution in [1.29, 1.82) is 0 Å². The zero-order chi connectivity index (χ0) is 32.6. The third-order valence-electron chi connectivity index (χ3n) is 7.89. The van der Waals surface area contributed by atoms with Gasteiger partial charge in [-0.05, 0) is 60.1 Å². The van der Waals surface area contributed by atoms with Crippen molar-refractivity contribution in [3.05, 3.63) is 64.2 Å². The molecule has 0 saturated carbocycles.